The molecule has 2 aliphatic carbocycles. The van der Waals surface area contributed by atoms with E-state index in [0.29, 0.717) is 0 Å². The van der Waals surface area contributed by atoms with E-state index in [1.165, 1.54) is 11.1 Å². The molecule has 7 heteroatoms. The lowest BCUT2D eigenvalue weighted by atomic mass is 9.65. The summed E-state index contributed by atoms with van der Waals surface area (Å²) in [6.07, 6.45) is 10.9. The fraction of sp³-hybridized carbons (Fsp3) is 0.286. The van der Waals surface area contributed by atoms with Crippen LogP contribution in [0.5, 0.6) is 11.5 Å². The maximum atomic E-state index is 6.02. The van der Waals surface area contributed by atoms with Crippen LogP contribution in [0.25, 0.3) is 16.6 Å². The molecule has 1 aromatic heterocycles. The quantitative estimate of drug-likeness (QED) is 0.461. The molecule has 0 bridgehead atoms. The van der Waals surface area contributed by atoms with Gasteiger partial charge in [0, 0.05) is 11.5 Å². The Morgan fingerprint density at radius 3 is 2.80 bits per heavy atom. The number of hydrogen-bond acceptors (Lipinski definition) is 5. The molecular formula is C28H26N3O4+. The molecule has 176 valence electrons. The molecule has 0 radical (unpaired) electrons. The van der Waals surface area contributed by atoms with Crippen molar-refractivity contribution >= 4 is 22.8 Å². The van der Waals surface area contributed by atoms with Crippen LogP contribution >= 0.6 is 0 Å². The molecule has 7 rings (SSSR count). The van der Waals surface area contributed by atoms with Crippen LogP contribution in [0.4, 0.5) is 0 Å². The molecule has 0 spiro atoms. The first kappa shape index (κ1) is 20.4. The van der Waals surface area contributed by atoms with E-state index in [2.05, 4.69) is 70.3 Å². The minimum Gasteiger partial charge on any atom is -0.493 e. The second kappa shape index (κ2) is 7.50. The van der Waals surface area contributed by atoms with Crippen molar-refractivity contribution in [3.05, 3.63) is 83.1 Å². The molecule has 4 aliphatic rings. The molecule has 3 heterocycles. The SMILES string of the molecule is COc1ccc2c(c1OC)C=[N+](C)C1C2C=CC2C(c3ccc4nc[nH]c4c3)=C3OCOC3=CC21. The number of nitrogens with zero attached hydrogens (tertiary/aromatic N) is 2. The summed E-state index contributed by atoms with van der Waals surface area (Å²) in [4.78, 5) is 7.62. The Labute approximate surface area is 203 Å². The first-order valence-electron chi connectivity index (χ1n) is 11.8. The third-order valence-corrected chi connectivity index (χ3v) is 7.78. The predicted molar refractivity (Wildman–Crippen MR) is 132 cm³/mol. The molecule has 0 saturated carbocycles. The van der Waals surface area contributed by atoms with Gasteiger partial charge in [-0.05, 0) is 35.4 Å². The fourth-order valence-corrected chi connectivity index (χ4v) is 6.29. The Morgan fingerprint density at radius 2 is 1.94 bits per heavy atom. The Kier molecular flexibility index (Phi) is 4.37. The van der Waals surface area contributed by atoms with Gasteiger partial charge in [0.15, 0.2) is 35.3 Å². The summed E-state index contributed by atoms with van der Waals surface area (Å²) in [7, 11) is 5.52. The van der Waals surface area contributed by atoms with Crippen molar-refractivity contribution in [3.63, 3.8) is 0 Å². The number of likely N-dealkylation sites (N-methyl/N-ethyl adjacent to an activating group) is 1. The van der Waals surface area contributed by atoms with Gasteiger partial charge in [-0.3, -0.25) is 0 Å². The fourth-order valence-electron chi connectivity index (χ4n) is 6.29. The highest BCUT2D eigenvalue weighted by atomic mass is 16.7. The van der Waals surface area contributed by atoms with E-state index < -0.39 is 0 Å². The van der Waals surface area contributed by atoms with Gasteiger partial charge in [-0.15, -0.1) is 0 Å². The topological polar surface area (TPSA) is 68.6 Å². The Balaban J connectivity index is 1.39. The van der Waals surface area contributed by atoms with Gasteiger partial charge in [-0.1, -0.05) is 24.3 Å². The van der Waals surface area contributed by atoms with E-state index in [-0.39, 0.29) is 30.6 Å². The molecule has 4 unspecified atom stereocenters. The number of aromatic nitrogens is 2. The van der Waals surface area contributed by atoms with Gasteiger partial charge in [-0.2, -0.15) is 0 Å². The van der Waals surface area contributed by atoms with Crippen LogP contribution < -0.4 is 9.47 Å². The van der Waals surface area contributed by atoms with Crippen molar-refractivity contribution in [1.82, 2.24) is 9.97 Å². The van der Waals surface area contributed by atoms with E-state index in [1.54, 1.807) is 20.5 Å². The maximum Gasteiger partial charge on any atom is 0.231 e. The first-order chi connectivity index (χ1) is 17.2. The predicted octanol–water partition coefficient (Wildman–Crippen LogP) is 4.22. The number of H-pyrrole nitrogens is 1. The minimum atomic E-state index is 0.162. The first-order valence-corrected chi connectivity index (χ1v) is 11.8. The summed E-state index contributed by atoms with van der Waals surface area (Å²) < 4.78 is 25.6. The van der Waals surface area contributed by atoms with E-state index in [4.69, 9.17) is 18.9 Å². The van der Waals surface area contributed by atoms with Gasteiger partial charge in [-0.25, -0.2) is 9.56 Å². The molecule has 3 aromatic rings. The molecule has 2 aromatic carbocycles. The van der Waals surface area contributed by atoms with E-state index in [1.807, 2.05) is 6.07 Å². The third-order valence-electron chi connectivity index (χ3n) is 7.78. The highest BCUT2D eigenvalue weighted by Gasteiger charge is 2.50. The second-order valence-corrected chi connectivity index (χ2v) is 9.42. The molecule has 1 N–H and O–H groups in total. The van der Waals surface area contributed by atoms with Crippen LogP contribution in [-0.4, -0.2) is 54.9 Å². The number of methoxy groups -OCH3 is 2. The summed E-state index contributed by atoms with van der Waals surface area (Å²) in [6.45, 7) is 0.246. The zero-order chi connectivity index (χ0) is 23.7. The van der Waals surface area contributed by atoms with Crippen molar-refractivity contribution in [2.75, 3.05) is 28.1 Å². The molecule has 7 nitrogen and oxygen atoms in total. The minimum absolute atomic E-state index is 0.162. The second-order valence-electron chi connectivity index (χ2n) is 9.42. The van der Waals surface area contributed by atoms with Crippen molar-refractivity contribution in [2.45, 2.75) is 12.0 Å². The van der Waals surface area contributed by atoms with Crippen molar-refractivity contribution in [2.24, 2.45) is 11.8 Å². The van der Waals surface area contributed by atoms with Crippen molar-refractivity contribution in [1.29, 1.82) is 0 Å². The Morgan fingerprint density at radius 1 is 1.06 bits per heavy atom. The number of imidazole rings is 1. The van der Waals surface area contributed by atoms with Gasteiger partial charge >= 0.3 is 0 Å². The number of rotatable bonds is 3. The average molecular weight is 469 g/mol. The molecule has 2 aliphatic heterocycles. The number of benzene rings is 2. The molecule has 0 amide bonds. The largest absolute Gasteiger partial charge is 0.493 e. The van der Waals surface area contributed by atoms with Crippen LogP contribution in [0, 0.1) is 11.8 Å². The lowest BCUT2D eigenvalue weighted by molar-refractivity contribution is -0.546. The number of allylic oxidation sites excluding steroid dienone is 2. The average Bonchev–Trinajstić information content (AvgIpc) is 3.55. The van der Waals surface area contributed by atoms with Gasteiger partial charge in [0.2, 0.25) is 6.79 Å². The van der Waals surface area contributed by atoms with E-state index in [9.17, 15) is 0 Å². The number of aromatic amines is 1. The van der Waals surface area contributed by atoms with Crippen LogP contribution in [-0.2, 0) is 9.47 Å². The van der Waals surface area contributed by atoms with Crippen LogP contribution in [0.2, 0.25) is 0 Å². The highest BCUT2D eigenvalue weighted by molar-refractivity contribution is 5.87. The standard InChI is InChI=1S/C28H26N3O4/c1-31-12-20-16(7-9-23(32-2)27(20)33-3)18-6-5-17-19(26(18)31)11-24-28(35-14-34-24)25(17)15-4-8-21-22(10-15)30-13-29-21/h4-13,17-19,26H,14H2,1-3H3,(H,29,30)/q+1. The van der Waals surface area contributed by atoms with Gasteiger partial charge in [0.05, 0.1) is 49.0 Å². The molecular weight excluding hydrogens is 442 g/mol. The van der Waals surface area contributed by atoms with Gasteiger partial charge in [0.1, 0.15) is 7.05 Å². The molecule has 4 atom stereocenters. The zero-order valence-electron chi connectivity index (χ0n) is 19.8. The number of fused-ring (bicyclic) bond motifs is 7. The number of hydrogen-bond donors (Lipinski definition) is 1. The summed E-state index contributed by atoms with van der Waals surface area (Å²) >= 11 is 0. The van der Waals surface area contributed by atoms with Crippen LogP contribution in [0.15, 0.2) is 66.4 Å². The van der Waals surface area contributed by atoms with E-state index >= 15 is 0 Å². The summed E-state index contributed by atoms with van der Waals surface area (Å²) in [5.74, 6) is 3.78. The lowest BCUT2D eigenvalue weighted by Gasteiger charge is -2.40. The number of nitrogens with one attached hydrogen (secondary N) is 1. The van der Waals surface area contributed by atoms with E-state index in [0.717, 1.165) is 45.2 Å². The normalized spacial score (nSPS) is 26.0. The number of ether oxygens (including phenoxy) is 4. The highest BCUT2D eigenvalue weighted by Crippen LogP contribution is 2.52. The molecule has 1 fully saturated rings. The molecule has 35 heavy (non-hydrogen) atoms. The third kappa shape index (κ3) is 2.84. The summed E-state index contributed by atoms with van der Waals surface area (Å²) in [6, 6.07) is 10.8. The van der Waals surface area contributed by atoms with Gasteiger partial charge in [0.25, 0.3) is 0 Å². The summed E-state index contributed by atoms with van der Waals surface area (Å²) in [5, 5.41) is 0. The van der Waals surface area contributed by atoms with Crippen molar-refractivity contribution < 1.29 is 23.5 Å². The Hall–Kier alpha value is -4.00. The van der Waals surface area contributed by atoms with Crippen molar-refractivity contribution in [3.8, 4) is 11.5 Å². The zero-order valence-corrected chi connectivity index (χ0v) is 19.8. The summed E-state index contributed by atoms with van der Waals surface area (Å²) in [5.41, 5.74) is 6.58. The van der Waals surface area contributed by atoms with Gasteiger partial charge < -0.3 is 23.9 Å². The monoisotopic (exact) mass is 468 g/mol. The maximum absolute atomic E-state index is 6.02. The molecule has 1 saturated heterocycles. The smallest absolute Gasteiger partial charge is 0.231 e. The van der Waals surface area contributed by atoms with Crippen LogP contribution in [0.3, 0.4) is 0 Å². The van der Waals surface area contributed by atoms with Crippen LogP contribution in [0.1, 0.15) is 22.6 Å². The lowest BCUT2D eigenvalue weighted by Crippen LogP contribution is -2.45. The Bertz CT molecular complexity index is 1500.